The Balaban J connectivity index is 1.76. The Morgan fingerprint density at radius 3 is 2.25 bits per heavy atom. The fraction of sp³-hybridized carbons (Fsp3) is 0.172. The quantitative estimate of drug-likeness (QED) is 0.253. The van der Waals surface area contributed by atoms with Crippen LogP contribution in [0.15, 0.2) is 101 Å². The second-order valence-electron chi connectivity index (χ2n) is 8.71. The van der Waals surface area contributed by atoms with Crippen molar-refractivity contribution < 1.29 is 13.2 Å². The van der Waals surface area contributed by atoms with Crippen LogP contribution in [0.4, 0.5) is 0 Å². The van der Waals surface area contributed by atoms with Crippen LogP contribution >= 0.6 is 0 Å². The lowest BCUT2D eigenvalue weighted by atomic mass is 10.1. The minimum absolute atomic E-state index is 0.0673. The second-order valence-corrected chi connectivity index (χ2v) is 10.6. The Kier molecular flexibility index (Phi) is 7.67. The molecule has 0 fully saturated rings. The molecule has 7 heteroatoms. The van der Waals surface area contributed by atoms with Crippen LogP contribution in [0.25, 0.3) is 23.0 Å². The molecule has 36 heavy (non-hydrogen) atoms. The molecule has 4 aromatic rings. The van der Waals surface area contributed by atoms with Crippen molar-refractivity contribution >= 4 is 15.9 Å². The first-order valence-electron chi connectivity index (χ1n) is 11.7. The highest BCUT2D eigenvalue weighted by molar-refractivity contribution is 7.95. The van der Waals surface area contributed by atoms with Gasteiger partial charge >= 0.3 is 0 Å². The van der Waals surface area contributed by atoms with E-state index in [0.717, 1.165) is 23.4 Å². The molecule has 0 spiro atoms. The molecular weight excluding hydrogens is 470 g/mol. The van der Waals surface area contributed by atoms with E-state index in [4.69, 9.17) is 9.84 Å². The zero-order valence-electron chi connectivity index (χ0n) is 20.2. The first-order valence-corrected chi connectivity index (χ1v) is 13.2. The van der Waals surface area contributed by atoms with Crippen molar-refractivity contribution in [3.63, 3.8) is 0 Å². The Morgan fingerprint density at radius 2 is 1.64 bits per heavy atom. The molecule has 182 valence electrons. The van der Waals surface area contributed by atoms with Crippen molar-refractivity contribution in [1.82, 2.24) is 9.78 Å². The highest BCUT2D eigenvalue weighted by atomic mass is 32.2. The van der Waals surface area contributed by atoms with Crippen molar-refractivity contribution in [1.29, 1.82) is 5.26 Å². The minimum atomic E-state index is -3.98. The second kappa shape index (κ2) is 11.1. The van der Waals surface area contributed by atoms with Gasteiger partial charge in [0, 0.05) is 17.3 Å². The van der Waals surface area contributed by atoms with E-state index in [1.807, 2.05) is 60.7 Å². The van der Waals surface area contributed by atoms with Gasteiger partial charge in [0.25, 0.3) is 0 Å². The van der Waals surface area contributed by atoms with Crippen LogP contribution in [0.3, 0.4) is 0 Å². The summed E-state index contributed by atoms with van der Waals surface area (Å²) in [6, 6.07) is 26.9. The predicted octanol–water partition coefficient (Wildman–Crippen LogP) is 6.30. The van der Waals surface area contributed by atoms with E-state index in [1.165, 1.54) is 18.2 Å². The van der Waals surface area contributed by atoms with Crippen molar-refractivity contribution in [2.45, 2.75) is 25.2 Å². The van der Waals surface area contributed by atoms with Gasteiger partial charge in [0.15, 0.2) is 0 Å². The molecule has 4 rings (SSSR count). The Labute approximate surface area is 212 Å². The summed E-state index contributed by atoms with van der Waals surface area (Å²) in [5.41, 5.74) is 2.67. The molecule has 0 radical (unpaired) electrons. The molecule has 0 saturated heterocycles. The van der Waals surface area contributed by atoms with E-state index >= 15 is 0 Å². The summed E-state index contributed by atoms with van der Waals surface area (Å²) < 4.78 is 33.8. The first kappa shape index (κ1) is 25.0. The molecule has 0 aliphatic heterocycles. The molecule has 0 aliphatic carbocycles. The number of para-hydroxylation sites is 1. The minimum Gasteiger partial charge on any atom is -0.494 e. The number of hydrogen-bond donors (Lipinski definition) is 0. The third-order valence-electron chi connectivity index (χ3n) is 5.59. The summed E-state index contributed by atoms with van der Waals surface area (Å²) in [6.07, 6.45) is 4.08. The summed E-state index contributed by atoms with van der Waals surface area (Å²) in [5.74, 6) is 1.31. The number of aromatic nitrogens is 2. The largest absolute Gasteiger partial charge is 0.494 e. The number of sulfone groups is 1. The maximum atomic E-state index is 13.2. The zero-order valence-corrected chi connectivity index (χ0v) is 21.0. The predicted molar refractivity (Wildman–Crippen MR) is 141 cm³/mol. The van der Waals surface area contributed by atoms with E-state index in [2.05, 4.69) is 13.8 Å². The van der Waals surface area contributed by atoms with Gasteiger partial charge in [0.1, 0.15) is 22.4 Å². The van der Waals surface area contributed by atoms with Crippen molar-refractivity contribution in [2.24, 2.45) is 5.92 Å². The lowest BCUT2D eigenvalue weighted by Crippen LogP contribution is -2.03. The summed E-state index contributed by atoms with van der Waals surface area (Å²) >= 11 is 0. The number of hydrogen-bond acceptors (Lipinski definition) is 5. The molecule has 6 nitrogen and oxygen atoms in total. The topological polar surface area (TPSA) is 85.0 Å². The summed E-state index contributed by atoms with van der Waals surface area (Å²) in [5, 5.41) is 14.5. The van der Waals surface area contributed by atoms with Crippen LogP contribution in [0.2, 0.25) is 0 Å². The summed E-state index contributed by atoms with van der Waals surface area (Å²) in [6.45, 7) is 4.94. The SMILES string of the molecule is CC(C)CCOc1ccc(-c2nn(-c3ccccc3)cc2/C=C(\C#N)S(=O)(=O)c2ccccc2)cc1. The maximum absolute atomic E-state index is 13.2. The van der Waals surface area contributed by atoms with Crippen LogP contribution in [-0.4, -0.2) is 24.8 Å². The van der Waals surface area contributed by atoms with E-state index in [-0.39, 0.29) is 9.80 Å². The van der Waals surface area contributed by atoms with Crippen LogP contribution < -0.4 is 4.74 Å². The maximum Gasteiger partial charge on any atom is 0.216 e. The normalized spacial score (nSPS) is 11.9. The number of rotatable bonds is 9. The van der Waals surface area contributed by atoms with Crippen LogP contribution in [0.1, 0.15) is 25.8 Å². The first-order chi connectivity index (χ1) is 17.4. The smallest absolute Gasteiger partial charge is 0.216 e. The fourth-order valence-corrected chi connectivity index (χ4v) is 4.76. The molecule has 0 N–H and O–H groups in total. The Hall–Kier alpha value is -4.15. The molecule has 1 aromatic heterocycles. The molecule has 0 atom stereocenters. The molecule has 3 aromatic carbocycles. The number of benzene rings is 3. The Morgan fingerprint density at radius 1 is 1.00 bits per heavy atom. The highest BCUT2D eigenvalue weighted by Gasteiger charge is 2.22. The van der Waals surface area contributed by atoms with E-state index in [1.54, 1.807) is 29.1 Å². The third-order valence-corrected chi connectivity index (χ3v) is 7.28. The molecule has 0 unspecified atom stereocenters. The highest BCUT2D eigenvalue weighted by Crippen LogP contribution is 2.29. The summed E-state index contributed by atoms with van der Waals surface area (Å²) in [7, 11) is -3.98. The van der Waals surface area contributed by atoms with Crippen molar-refractivity contribution in [2.75, 3.05) is 6.61 Å². The lowest BCUT2D eigenvalue weighted by molar-refractivity contribution is 0.289. The van der Waals surface area contributed by atoms with Gasteiger partial charge < -0.3 is 4.74 Å². The number of nitriles is 1. The van der Waals surface area contributed by atoms with Gasteiger partial charge in [-0.3, -0.25) is 0 Å². The van der Waals surface area contributed by atoms with Crippen LogP contribution in [-0.2, 0) is 9.84 Å². The lowest BCUT2D eigenvalue weighted by Gasteiger charge is -2.08. The molecule has 1 heterocycles. The zero-order chi connectivity index (χ0) is 25.5. The van der Waals surface area contributed by atoms with Crippen molar-refractivity contribution in [3.05, 3.63) is 102 Å². The van der Waals surface area contributed by atoms with Gasteiger partial charge in [-0.1, -0.05) is 50.2 Å². The van der Waals surface area contributed by atoms with Gasteiger partial charge in [-0.2, -0.15) is 10.4 Å². The molecule has 0 bridgehead atoms. The van der Waals surface area contributed by atoms with Crippen LogP contribution in [0, 0.1) is 17.2 Å². The standard InChI is InChI=1S/C29H27N3O3S/c1-22(2)17-18-35-26-15-13-23(14-16-26)29-24(21-32(31-29)25-9-5-3-6-10-25)19-28(20-30)36(33,34)27-11-7-4-8-12-27/h3-16,19,21-22H,17-18H2,1-2H3/b28-19+. The van der Waals surface area contributed by atoms with Gasteiger partial charge in [-0.15, -0.1) is 0 Å². The van der Waals surface area contributed by atoms with Crippen LogP contribution in [0.5, 0.6) is 5.75 Å². The fourth-order valence-electron chi connectivity index (χ4n) is 3.59. The van der Waals surface area contributed by atoms with Gasteiger partial charge in [-0.05, 0) is 66.9 Å². The molecule has 0 aliphatic rings. The molecule has 0 amide bonds. The number of nitrogens with zero attached hydrogens (tertiary/aromatic N) is 3. The van der Waals surface area contributed by atoms with E-state index < -0.39 is 9.84 Å². The van der Waals surface area contributed by atoms with Gasteiger partial charge in [0.05, 0.1) is 17.2 Å². The van der Waals surface area contributed by atoms with E-state index in [9.17, 15) is 13.7 Å². The van der Waals surface area contributed by atoms with Crippen molar-refractivity contribution in [3.8, 4) is 28.8 Å². The molecular formula is C29H27N3O3S. The average molecular weight is 498 g/mol. The van der Waals surface area contributed by atoms with E-state index in [0.29, 0.717) is 23.8 Å². The number of ether oxygens (including phenoxy) is 1. The molecule has 0 saturated carbocycles. The van der Waals surface area contributed by atoms with Gasteiger partial charge in [-0.25, -0.2) is 13.1 Å². The summed E-state index contributed by atoms with van der Waals surface area (Å²) in [4.78, 5) is -0.283. The number of allylic oxidation sites excluding steroid dienone is 1. The Bertz CT molecular complexity index is 1480. The van der Waals surface area contributed by atoms with Gasteiger partial charge in [0.2, 0.25) is 9.84 Å². The monoisotopic (exact) mass is 497 g/mol. The third kappa shape index (κ3) is 5.73. The average Bonchev–Trinajstić information content (AvgIpc) is 3.32.